The number of aromatic nitrogens is 3. The van der Waals surface area contributed by atoms with Gasteiger partial charge in [-0.2, -0.15) is 9.97 Å². The molecule has 0 unspecified atom stereocenters. The number of nitrogens with zero attached hydrogens (tertiary/aromatic N) is 1. The van der Waals surface area contributed by atoms with Crippen molar-refractivity contribution in [3.8, 4) is 11.6 Å². The molecule has 1 aliphatic rings. The van der Waals surface area contributed by atoms with Gasteiger partial charge in [-0.3, -0.25) is 4.79 Å². The first-order valence-electron chi connectivity index (χ1n) is 6.90. The molecule has 2 aromatic heterocycles. The summed E-state index contributed by atoms with van der Waals surface area (Å²) in [5, 5.41) is 9.33. The zero-order valence-corrected chi connectivity index (χ0v) is 12.2. The normalized spacial score (nSPS) is 16.2. The first-order valence-corrected chi connectivity index (χ1v) is 7.78. The van der Waals surface area contributed by atoms with E-state index >= 15 is 0 Å². The standard InChI is InChI=1S/C13H16N4O2S/c1-8-14-12(19-17-8)10-7-20-13(16-10)11(18)15-9-5-3-2-4-6-9/h7,9H,2-6H2,1H3,(H,15,18)/p+2. The average Bonchev–Trinajstić information content (AvgIpc) is 3.08. The summed E-state index contributed by atoms with van der Waals surface area (Å²) in [5.41, 5.74) is 0.740. The number of aromatic amines is 2. The number of hydrogen-bond donors (Lipinski definition) is 1. The van der Waals surface area contributed by atoms with Gasteiger partial charge in [0, 0.05) is 13.0 Å². The maximum absolute atomic E-state index is 12.2. The molecule has 0 aliphatic heterocycles. The topological polar surface area (TPSA) is 83.4 Å². The van der Waals surface area contributed by atoms with Gasteiger partial charge >= 0.3 is 28.3 Å². The Morgan fingerprint density at radius 2 is 2.20 bits per heavy atom. The second-order valence-corrected chi connectivity index (χ2v) is 6.01. The molecule has 0 saturated heterocycles. The monoisotopic (exact) mass is 294 g/mol. The quantitative estimate of drug-likeness (QED) is 0.928. The lowest BCUT2D eigenvalue weighted by atomic mass is 9.95. The molecule has 3 N–H and O–H groups in total. The highest BCUT2D eigenvalue weighted by Gasteiger charge is 2.27. The van der Waals surface area contributed by atoms with Crippen molar-refractivity contribution < 1.29 is 19.3 Å². The lowest BCUT2D eigenvalue weighted by Crippen LogP contribution is -2.38. The SMILES string of the molecule is Cc1noc(-c2csc(C(=O)NC3CCCCC3)[nH+]2)[nH+]1. The Labute approximate surface area is 120 Å². The van der Waals surface area contributed by atoms with Gasteiger partial charge in [0.1, 0.15) is 0 Å². The van der Waals surface area contributed by atoms with Crippen LogP contribution < -0.4 is 15.3 Å². The molecule has 2 heterocycles. The van der Waals surface area contributed by atoms with E-state index in [1.807, 2.05) is 12.3 Å². The number of carbonyl (C=O) groups is 1. The van der Waals surface area contributed by atoms with Gasteiger partial charge < -0.3 is 5.32 Å². The van der Waals surface area contributed by atoms with Crippen molar-refractivity contribution >= 4 is 17.2 Å². The van der Waals surface area contributed by atoms with Gasteiger partial charge in [0.2, 0.25) is 0 Å². The molecule has 0 radical (unpaired) electrons. The molecule has 0 spiro atoms. The van der Waals surface area contributed by atoms with Crippen molar-refractivity contribution in [3.63, 3.8) is 0 Å². The van der Waals surface area contributed by atoms with Gasteiger partial charge in [0.05, 0.1) is 5.38 Å². The van der Waals surface area contributed by atoms with Gasteiger partial charge in [0.15, 0.2) is 5.16 Å². The summed E-state index contributed by atoms with van der Waals surface area (Å²) >= 11 is 1.37. The first-order chi connectivity index (χ1) is 9.72. The van der Waals surface area contributed by atoms with Crippen LogP contribution in [0.4, 0.5) is 0 Å². The third-order valence-electron chi connectivity index (χ3n) is 3.50. The van der Waals surface area contributed by atoms with Crippen molar-refractivity contribution in [3.05, 3.63) is 16.2 Å². The van der Waals surface area contributed by atoms with Crippen LogP contribution >= 0.6 is 11.3 Å². The smallest absolute Gasteiger partial charge is 0.343 e. The summed E-state index contributed by atoms with van der Waals surface area (Å²) < 4.78 is 5.13. The minimum absolute atomic E-state index is 0.0376. The van der Waals surface area contributed by atoms with Gasteiger partial charge in [-0.15, -0.1) is 0 Å². The average molecular weight is 294 g/mol. The van der Waals surface area contributed by atoms with Crippen molar-refractivity contribution in [2.24, 2.45) is 0 Å². The highest BCUT2D eigenvalue weighted by atomic mass is 32.1. The molecule has 0 atom stereocenters. The number of nitrogens with one attached hydrogen (secondary N) is 3. The highest BCUT2D eigenvalue weighted by molar-refractivity contribution is 7.11. The molecule has 6 nitrogen and oxygen atoms in total. The first kappa shape index (κ1) is 13.2. The molecule has 20 heavy (non-hydrogen) atoms. The number of H-pyrrole nitrogens is 2. The van der Waals surface area contributed by atoms with Crippen LogP contribution in [0.1, 0.15) is 47.7 Å². The predicted octanol–water partition coefficient (Wildman–Crippen LogP) is 1.40. The summed E-state index contributed by atoms with van der Waals surface area (Å²) in [4.78, 5) is 18.2. The van der Waals surface area contributed by atoms with E-state index in [2.05, 4.69) is 20.4 Å². The van der Waals surface area contributed by atoms with E-state index in [0.717, 1.165) is 18.5 Å². The van der Waals surface area contributed by atoms with Gasteiger partial charge in [0.25, 0.3) is 0 Å². The third-order valence-corrected chi connectivity index (χ3v) is 4.38. The lowest BCUT2D eigenvalue weighted by molar-refractivity contribution is -0.410. The van der Waals surface area contributed by atoms with Gasteiger partial charge in [-0.25, -0.2) is 4.52 Å². The predicted molar refractivity (Wildman–Crippen MR) is 72.0 cm³/mol. The van der Waals surface area contributed by atoms with Crippen LogP contribution in [0, 0.1) is 6.92 Å². The Bertz CT molecular complexity index is 601. The molecular formula is C13H18N4O2S+2. The minimum Gasteiger partial charge on any atom is -0.343 e. The maximum Gasteiger partial charge on any atom is 0.411 e. The Morgan fingerprint density at radius 3 is 2.90 bits per heavy atom. The van der Waals surface area contributed by atoms with E-state index in [9.17, 15) is 4.79 Å². The zero-order chi connectivity index (χ0) is 13.9. The van der Waals surface area contributed by atoms with E-state index in [0.29, 0.717) is 22.8 Å². The second-order valence-electron chi connectivity index (χ2n) is 5.13. The van der Waals surface area contributed by atoms with Crippen molar-refractivity contribution in [1.29, 1.82) is 0 Å². The molecule has 0 aromatic carbocycles. The molecule has 2 aromatic rings. The number of rotatable bonds is 3. The molecule has 1 aliphatic carbocycles. The van der Waals surface area contributed by atoms with Crippen LogP contribution in [0.25, 0.3) is 11.6 Å². The second kappa shape index (κ2) is 5.70. The largest absolute Gasteiger partial charge is 0.411 e. The number of amides is 1. The fraction of sp³-hybridized carbons (Fsp3) is 0.538. The van der Waals surface area contributed by atoms with Crippen LogP contribution in [0.2, 0.25) is 0 Å². The molecule has 1 amide bonds. The highest BCUT2D eigenvalue weighted by Crippen LogP contribution is 2.18. The maximum atomic E-state index is 12.2. The molecule has 7 heteroatoms. The van der Waals surface area contributed by atoms with Crippen LogP contribution in [0.5, 0.6) is 0 Å². The van der Waals surface area contributed by atoms with Crippen molar-refractivity contribution in [2.45, 2.75) is 45.1 Å². The number of thiazole rings is 1. The summed E-state index contributed by atoms with van der Waals surface area (Å²) in [7, 11) is 0. The van der Waals surface area contributed by atoms with Crippen molar-refractivity contribution in [2.75, 3.05) is 0 Å². The van der Waals surface area contributed by atoms with Gasteiger partial charge in [-0.1, -0.05) is 30.6 Å². The Balaban J connectivity index is 1.68. The molecule has 3 rings (SSSR count). The molecule has 0 bridgehead atoms. The van der Waals surface area contributed by atoms with E-state index in [1.54, 1.807) is 0 Å². The molecular weight excluding hydrogens is 276 g/mol. The lowest BCUT2D eigenvalue weighted by Gasteiger charge is -2.21. The molecule has 1 saturated carbocycles. The number of carbonyl (C=O) groups excluding carboxylic acids is 1. The van der Waals surface area contributed by atoms with E-state index in [1.165, 1.54) is 30.6 Å². The minimum atomic E-state index is -0.0376. The Kier molecular flexibility index (Phi) is 3.77. The summed E-state index contributed by atoms with van der Waals surface area (Å²) in [5.74, 6) is 1.20. The summed E-state index contributed by atoms with van der Waals surface area (Å²) in [6, 6.07) is 0.314. The third kappa shape index (κ3) is 2.87. The van der Waals surface area contributed by atoms with E-state index in [-0.39, 0.29) is 5.91 Å². The molecule has 1 fully saturated rings. The van der Waals surface area contributed by atoms with Crippen LogP contribution in [0.3, 0.4) is 0 Å². The number of hydrogen-bond acceptors (Lipinski definition) is 4. The van der Waals surface area contributed by atoms with Gasteiger partial charge in [-0.05, 0) is 12.8 Å². The van der Waals surface area contributed by atoms with Crippen LogP contribution in [-0.4, -0.2) is 17.1 Å². The van der Waals surface area contributed by atoms with Crippen LogP contribution in [-0.2, 0) is 0 Å². The molecule has 106 valence electrons. The Hall–Kier alpha value is -1.76. The van der Waals surface area contributed by atoms with Crippen LogP contribution in [0.15, 0.2) is 9.90 Å². The van der Waals surface area contributed by atoms with Crippen molar-refractivity contribution in [1.82, 2.24) is 10.5 Å². The zero-order valence-electron chi connectivity index (χ0n) is 11.4. The van der Waals surface area contributed by atoms with E-state index < -0.39 is 0 Å². The fourth-order valence-electron chi connectivity index (χ4n) is 2.46. The fourth-order valence-corrected chi connectivity index (χ4v) is 3.19. The summed E-state index contributed by atoms with van der Waals surface area (Å²) in [6.45, 7) is 1.82. The number of aryl methyl sites for hydroxylation is 1. The van der Waals surface area contributed by atoms with E-state index in [4.69, 9.17) is 4.52 Å². The summed E-state index contributed by atoms with van der Waals surface area (Å²) in [6.07, 6.45) is 5.85. The Morgan fingerprint density at radius 1 is 1.40 bits per heavy atom.